The van der Waals surface area contributed by atoms with Crippen LogP contribution in [0.25, 0.3) is 0 Å². The molecule has 1 atom stereocenters. The maximum Gasteiger partial charge on any atom is 0.384 e. The van der Waals surface area contributed by atoms with Crippen molar-refractivity contribution in [1.82, 2.24) is 0 Å². The van der Waals surface area contributed by atoms with Crippen molar-refractivity contribution in [3.05, 3.63) is 0 Å². The quantitative estimate of drug-likeness (QED) is 0.273. The van der Waals surface area contributed by atoms with Gasteiger partial charge in [-0.2, -0.15) is 0 Å². The van der Waals surface area contributed by atoms with Gasteiger partial charge in [-0.1, -0.05) is 26.2 Å². The summed E-state index contributed by atoms with van der Waals surface area (Å²) in [5.74, 6) is 1.38. The summed E-state index contributed by atoms with van der Waals surface area (Å²) in [6.07, 6.45) is 10.5. The summed E-state index contributed by atoms with van der Waals surface area (Å²) in [4.78, 5) is 10.7. The highest BCUT2D eigenvalue weighted by atomic mass is 16.5. The molecule has 0 aromatic carbocycles. The molecule has 0 bridgehead atoms. The standard InChI is InChI=1S/C11H18O2/c1-4-6-7-8-9-10(3)13-11(12)5-2/h2,10H,4,6-9H2,1,3H3/t10-/m1/s1. The summed E-state index contributed by atoms with van der Waals surface area (Å²) in [5, 5.41) is 0. The minimum Gasteiger partial charge on any atom is -0.453 e. The van der Waals surface area contributed by atoms with Crippen molar-refractivity contribution in [3.63, 3.8) is 0 Å². The van der Waals surface area contributed by atoms with Gasteiger partial charge in [0.15, 0.2) is 0 Å². The molecule has 0 saturated heterocycles. The molecule has 0 spiro atoms. The molecule has 2 heteroatoms. The Kier molecular flexibility index (Phi) is 7.10. The van der Waals surface area contributed by atoms with Crippen LogP contribution >= 0.6 is 0 Å². The van der Waals surface area contributed by atoms with Crippen LogP contribution < -0.4 is 0 Å². The van der Waals surface area contributed by atoms with Crippen LogP contribution in [0.1, 0.15) is 46.0 Å². The average Bonchev–Trinajstić information content (AvgIpc) is 2.12. The van der Waals surface area contributed by atoms with Crippen LogP contribution in [0.4, 0.5) is 0 Å². The molecule has 0 rings (SSSR count). The minimum atomic E-state index is -0.553. The summed E-state index contributed by atoms with van der Waals surface area (Å²) in [5.41, 5.74) is 0. The van der Waals surface area contributed by atoms with E-state index in [0.717, 1.165) is 12.8 Å². The van der Waals surface area contributed by atoms with Crippen molar-refractivity contribution in [2.75, 3.05) is 0 Å². The summed E-state index contributed by atoms with van der Waals surface area (Å²) in [6, 6.07) is 0. The van der Waals surface area contributed by atoms with Gasteiger partial charge in [0.1, 0.15) is 6.10 Å². The molecule has 0 aliphatic heterocycles. The van der Waals surface area contributed by atoms with Crippen molar-refractivity contribution >= 4 is 5.97 Å². The van der Waals surface area contributed by atoms with Gasteiger partial charge in [-0.3, -0.25) is 0 Å². The third-order valence-corrected chi connectivity index (χ3v) is 1.89. The molecular weight excluding hydrogens is 164 g/mol. The van der Waals surface area contributed by atoms with E-state index in [9.17, 15) is 4.79 Å². The van der Waals surface area contributed by atoms with Gasteiger partial charge in [0.05, 0.1) is 0 Å². The molecule has 0 aromatic heterocycles. The second-order valence-corrected chi connectivity index (χ2v) is 3.21. The molecular formula is C11H18O2. The zero-order chi connectivity index (χ0) is 10.1. The Bertz CT molecular complexity index is 179. The predicted molar refractivity (Wildman–Crippen MR) is 53.1 cm³/mol. The summed E-state index contributed by atoms with van der Waals surface area (Å²) < 4.78 is 4.90. The summed E-state index contributed by atoms with van der Waals surface area (Å²) in [6.45, 7) is 4.04. The molecule has 0 heterocycles. The number of rotatable bonds is 6. The summed E-state index contributed by atoms with van der Waals surface area (Å²) >= 11 is 0. The number of carbonyl (C=O) groups is 1. The van der Waals surface area contributed by atoms with Crippen molar-refractivity contribution < 1.29 is 9.53 Å². The van der Waals surface area contributed by atoms with Gasteiger partial charge in [0.2, 0.25) is 0 Å². The Balaban J connectivity index is 3.36. The molecule has 0 aliphatic rings. The predicted octanol–water partition coefficient (Wildman–Crippen LogP) is 2.52. The van der Waals surface area contributed by atoms with E-state index < -0.39 is 5.97 Å². The molecule has 0 unspecified atom stereocenters. The Morgan fingerprint density at radius 1 is 1.46 bits per heavy atom. The first-order chi connectivity index (χ1) is 6.20. The highest BCUT2D eigenvalue weighted by Crippen LogP contribution is 2.07. The lowest BCUT2D eigenvalue weighted by Crippen LogP contribution is -2.12. The number of unbranched alkanes of at least 4 members (excludes halogenated alkanes) is 3. The third kappa shape index (κ3) is 7.39. The van der Waals surface area contributed by atoms with E-state index in [1.54, 1.807) is 0 Å². The SMILES string of the molecule is C#CC(=O)O[C@H](C)CCCCCC. The number of hydrogen-bond donors (Lipinski definition) is 0. The Labute approximate surface area is 80.7 Å². The van der Waals surface area contributed by atoms with Gasteiger partial charge in [-0.25, -0.2) is 4.79 Å². The fraction of sp³-hybridized carbons (Fsp3) is 0.727. The highest BCUT2D eigenvalue weighted by molar-refractivity contribution is 5.87. The molecule has 0 aliphatic carbocycles. The molecule has 0 aromatic rings. The van der Waals surface area contributed by atoms with E-state index in [0.29, 0.717) is 0 Å². The smallest absolute Gasteiger partial charge is 0.384 e. The Hall–Kier alpha value is -0.970. The monoisotopic (exact) mass is 182 g/mol. The molecule has 0 fully saturated rings. The topological polar surface area (TPSA) is 26.3 Å². The minimum absolute atomic E-state index is 0.0413. The lowest BCUT2D eigenvalue weighted by atomic mass is 10.1. The third-order valence-electron chi connectivity index (χ3n) is 1.89. The first kappa shape index (κ1) is 12.0. The zero-order valence-electron chi connectivity index (χ0n) is 8.51. The van der Waals surface area contributed by atoms with E-state index in [1.807, 2.05) is 12.8 Å². The van der Waals surface area contributed by atoms with E-state index >= 15 is 0 Å². The van der Waals surface area contributed by atoms with Gasteiger partial charge in [-0.05, 0) is 19.8 Å². The van der Waals surface area contributed by atoms with Crippen molar-refractivity contribution in [2.45, 2.75) is 52.1 Å². The van der Waals surface area contributed by atoms with Crippen LogP contribution in [0, 0.1) is 12.3 Å². The van der Waals surface area contributed by atoms with Crippen LogP contribution in [0.2, 0.25) is 0 Å². The molecule has 74 valence electrons. The van der Waals surface area contributed by atoms with Crippen LogP contribution in [0.15, 0.2) is 0 Å². The normalized spacial score (nSPS) is 11.8. The molecule has 0 amide bonds. The lowest BCUT2D eigenvalue weighted by molar-refractivity contribution is -0.141. The number of ether oxygens (including phenoxy) is 1. The van der Waals surface area contributed by atoms with E-state index in [1.165, 1.54) is 19.3 Å². The largest absolute Gasteiger partial charge is 0.453 e. The van der Waals surface area contributed by atoms with Gasteiger partial charge >= 0.3 is 5.97 Å². The van der Waals surface area contributed by atoms with Crippen molar-refractivity contribution in [1.29, 1.82) is 0 Å². The number of carbonyl (C=O) groups excluding carboxylic acids is 1. The average molecular weight is 182 g/mol. The molecule has 0 N–H and O–H groups in total. The summed E-state index contributed by atoms with van der Waals surface area (Å²) in [7, 11) is 0. The van der Waals surface area contributed by atoms with Gasteiger partial charge in [0.25, 0.3) is 0 Å². The molecule has 0 radical (unpaired) electrons. The fourth-order valence-corrected chi connectivity index (χ4v) is 1.13. The van der Waals surface area contributed by atoms with Crippen molar-refractivity contribution in [2.24, 2.45) is 0 Å². The van der Waals surface area contributed by atoms with Crippen LogP contribution in [-0.4, -0.2) is 12.1 Å². The van der Waals surface area contributed by atoms with Crippen LogP contribution in [0.5, 0.6) is 0 Å². The van der Waals surface area contributed by atoms with E-state index in [-0.39, 0.29) is 6.10 Å². The second kappa shape index (κ2) is 7.67. The van der Waals surface area contributed by atoms with E-state index in [2.05, 4.69) is 6.92 Å². The van der Waals surface area contributed by atoms with Gasteiger partial charge < -0.3 is 4.74 Å². The number of esters is 1. The highest BCUT2D eigenvalue weighted by Gasteiger charge is 2.05. The van der Waals surface area contributed by atoms with Gasteiger partial charge in [-0.15, -0.1) is 6.42 Å². The maximum atomic E-state index is 10.7. The second-order valence-electron chi connectivity index (χ2n) is 3.21. The Morgan fingerprint density at radius 3 is 2.69 bits per heavy atom. The molecule has 13 heavy (non-hydrogen) atoms. The molecule has 2 nitrogen and oxygen atoms in total. The van der Waals surface area contributed by atoms with Gasteiger partial charge in [0, 0.05) is 5.92 Å². The number of terminal acetylenes is 1. The maximum absolute atomic E-state index is 10.7. The van der Waals surface area contributed by atoms with E-state index in [4.69, 9.17) is 11.2 Å². The lowest BCUT2D eigenvalue weighted by Gasteiger charge is -2.10. The first-order valence-corrected chi connectivity index (χ1v) is 4.88. The first-order valence-electron chi connectivity index (χ1n) is 4.88. The van der Waals surface area contributed by atoms with Crippen LogP contribution in [-0.2, 0) is 9.53 Å². The number of hydrogen-bond acceptors (Lipinski definition) is 2. The Morgan fingerprint density at radius 2 is 2.15 bits per heavy atom. The van der Waals surface area contributed by atoms with Crippen LogP contribution in [0.3, 0.4) is 0 Å². The molecule has 0 saturated carbocycles. The zero-order valence-corrected chi connectivity index (χ0v) is 8.51. The van der Waals surface area contributed by atoms with Crippen molar-refractivity contribution in [3.8, 4) is 12.3 Å². The fourth-order valence-electron chi connectivity index (χ4n) is 1.13.